The summed E-state index contributed by atoms with van der Waals surface area (Å²) < 4.78 is 0. The van der Waals surface area contributed by atoms with Gasteiger partial charge in [0.25, 0.3) is 0 Å². The quantitative estimate of drug-likeness (QED) is 0.362. The minimum Gasteiger partial charge on any atom is -0.0654 e. The molecule has 0 amide bonds. The summed E-state index contributed by atoms with van der Waals surface area (Å²) in [4.78, 5) is 0. The van der Waals surface area contributed by atoms with Crippen molar-refractivity contribution in [1.82, 2.24) is 0 Å². The molecule has 0 heterocycles. The van der Waals surface area contributed by atoms with Gasteiger partial charge < -0.3 is 0 Å². The Balaban J connectivity index is 1.92. The molecule has 0 saturated heterocycles. The van der Waals surface area contributed by atoms with Crippen molar-refractivity contribution in [3.05, 3.63) is 113 Å². The zero-order valence-electron chi connectivity index (χ0n) is 17.6. The minimum absolute atomic E-state index is 1.17. The van der Waals surface area contributed by atoms with Crippen molar-refractivity contribution in [1.29, 1.82) is 0 Å². The van der Waals surface area contributed by atoms with Crippen LogP contribution in [0.1, 0.15) is 68.2 Å². The van der Waals surface area contributed by atoms with E-state index in [4.69, 9.17) is 0 Å². The predicted octanol–water partition coefficient (Wildman–Crippen LogP) is 8.40. The van der Waals surface area contributed by atoms with Crippen molar-refractivity contribution in [2.45, 2.75) is 46.0 Å². The van der Waals surface area contributed by atoms with Crippen molar-refractivity contribution < 1.29 is 0 Å². The molecule has 0 unspecified atom stereocenters. The average Bonchev–Trinajstić information content (AvgIpc) is 3.13. The van der Waals surface area contributed by atoms with Crippen LogP contribution in [-0.2, 0) is 0 Å². The first kappa shape index (κ1) is 19.5. The summed E-state index contributed by atoms with van der Waals surface area (Å²) in [7, 11) is 0. The maximum atomic E-state index is 2.34. The van der Waals surface area contributed by atoms with Crippen molar-refractivity contribution >= 4 is 16.7 Å². The first-order chi connectivity index (χ1) is 14.3. The van der Waals surface area contributed by atoms with Gasteiger partial charge in [-0.2, -0.15) is 0 Å². The maximum Gasteiger partial charge on any atom is -0.00204 e. The van der Waals surface area contributed by atoms with Gasteiger partial charge in [0, 0.05) is 0 Å². The molecular weight excluding hydrogens is 348 g/mol. The molecule has 0 atom stereocenters. The summed E-state index contributed by atoms with van der Waals surface area (Å²) in [6, 6.07) is 30.8. The third kappa shape index (κ3) is 3.98. The Bertz CT molecular complexity index is 1020. The Kier molecular flexibility index (Phi) is 6.10. The zero-order valence-corrected chi connectivity index (χ0v) is 17.6. The number of benzene rings is 3. The van der Waals surface area contributed by atoms with Crippen LogP contribution in [0, 0.1) is 0 Å². The van der Waals surface area contributed by atoms with Crippen LogP contribution >= 0.6 is 0 Å². The van der Waals surface area contributed by atoms with E-state index in [2.05, 4.69) is 98.8 Å². The van der Waals surface area contributed by atoms with E-state index >= 15 is 0 Å². The SMILES string of the molecule is CCCCCC/C(C)=C1\C(c2ccccc2)=C(c2ccccc2)c2ccccc21. The van der Waals surface area contributed by atoms with Gasteiger partial charge in [0.15, 0.2) is 0 Å². The highest BCUT2D eigenvalue weighted by Crippen LogP contribution is 2.50. The number of hydrogen-bond acceptors (Lipinski definition) is 0. The lowest BCUT2D eigenvalue weighted by Crippen LogP contribution is -1.92. The van der Waals surface area contributed by atoms with Crippen LogP contribution in [0.25, 0.3) is 16.7 Å². The lowest BCUT2D eigenvalue weighted by Gasteiger charge is -2.14. The normalized spacial score (nSPS) is 14.8. The zero-order chi connectivity index (χ0) is 20.1. The molecule has 0 fully saturated rings. The fraction of sp³-hybridized carbons (Fsp3) is 0.241. The van der Waals surface area contributed by atoms with E-state index < -0.39 is 0 Å². The van der Waals surface area contributed by atoms with Gasteiger partial charge in [0.2, 0.25) is 0 Å². The van der Waals surface area contributed by atoms with Gasteiger partial charge in [0.1, 0.15) is 0 Å². The maximum absolute atomic E-state index is 2.34. The van der Waals surface area contributed by atoms with Crippen molar-refractivity contribution in [2.24, 2.45) is 0 Å². The molecule has 3 aromatic rings. The van der Waals surface area contributed by atoms with Gasteiger partial charge in [-0.3, -0.25) is 0 Å². The molecule has 0 bridgehead atoms. The number of hydrogen-bond donors (Lipinski definition) is 0. The van der Waals surface area contributed by atoms with Crippen molar-refractivity contribution in [2.75, 3.05) is 0 Å². The van der Waals surface area contributed by atoms with Crippen LogP contribution in [-0.4, -0.2) is 0 Å². The minimum atomic E-state index is 1.17. The monoisotopic (exact) mass is 378 g/mol. The Hall–Kier alpha value is -2.86. The molecule has 0 N–H and O–H groups in total. The average molecular weight is 379 g/mol. The van der Waals surface area contributed by atoms with E-state index in [0.717, 1.165) is 0 Å². The fourth-order valence-electron chi connectivity index (χ4n) is 4.50. The summed E-state index contributed by atoms with van der Waals surface area (Å²) in [5.74, 6) is 0. The second-order valence-corrected chi connectivity index (χ2v) is 7.99. The lowest BCUT2D eigenvalue weighted by molar-refractivity contribution is 0.665. The number of unbranched alkanes of at least 4 members (excludes halogenated alkanes) is 3. The molecule has 0 heteroatoms. The molecule has 0 nitrogen and oxygen atoms in total. The number of fused-ring (bicyclic) bond motifs is 1. The Morgan fingerprint density at radius 2 is 1.14 bits per heavy atom. The van der Waals surface area contributed by atoms with Gasteiger partial charge in [-0.15, -0.1) is 0 Å². The number of rotatable bonds is 7. The van der Waals surface area contributed by atoms with Gasteiger partial charge in [-0.05, 0) is 58.7 Å². The Labute approximate surface area is 175 Å². The topological polar surface area (TPSA) is 0 Å². The smallest absolute Gasteiger partial charge is 0.00204 e. The highest BCUT2D eigenvalue weighted by atomic mass is 14.3. The summed E-state index contributed by atoms with van der Waals surface area (Å²) in [5.41, 5.74) is 11.1. The molecule has 1 aliphatic rings. The molecule has 0 radical (unpaired) electrons. The molecule has 29 heavy (non-hydrogen) atoms. The third-order valence-electron chi connectivity index (χ3n) is 5.92. The van der Waals surface area contributed by atoms with Crippen molar-refractivity contribution in [3.63, 3.8) is 0 Å². The van der Waals surface area contributed by atoms with E-state index in [9.17, 15) is 0 Å². The molecule has 0 spiro atoms. The highest BCUT2D eigenvalue weighted by Gasteiger charge is 2.29. The lowest BCUT2D eigenvalue weighted by atomic mass is 9.89. The predicted molar refractivity (Wildman–Crippen MR) is 127 cm³/mol. The first-order valence-corrected chi connectivity index (χ1v) is 11.0. The van der Waals surface area contributed by atoms with Crippen LogP contribution in [0.2, 0.25) is 0 Å². The van der Waals surface area contributed by atoms with Gasteiger partial charge in [-0.1, -0.05) is 117 Å². The van der Waals surface area contributed by atoms with E-state index in [0.29, 0.717) is 0 Å². The van der Waals surface area contributed by atoms with E-state index in [-0.39, 0.29) is 0 Å². The Morgan fingerprint density at radius 1 is 0.586 bits per heavy atom. The molecular formula is C29H30. The fourth-order valence-corrected chi connectivity index (χ4v) is 4.50. The molecule has 1 aliphatic carbocycles. The molecule has 4 rings (SSSR count). The molecule has 0 aliphatic heterocycles. The summed E-state index contributed by atoms with van der Waals surface area (Å²) in [6.07, 6.45) is 6.37. The van der Waals surface area contributed by atoms with Gasteiger partial charge >= 0.3 is 0 Å². The van der Waals surface area contributed by atoms with Crippen LogP contribution in [0.3, 0.4) is 0 Å². The molecule has 0 saturated carbocycles. The van der Waals surface area contributed by atoms with Crippen LogP contribution < -0.4 is 0 Å². The largest absolute Gasteiger partial charge is 0.0654 e. The van der Waals surface area contributed by atoms with Crippen molar-refractivity contribution in [3.8, 4) is 0 Å². The summed E-state index contributed by atoms with van der Waals surface area (Å²) in [6.45, 7) is 4.62. The first-order valence-electron chi connectivity index (χ1n) is 11.0. The molecule has 0 aromatic heterocycles. The van der Waals surface area contributed by atoms with Crippen LogP contribution in [0.4, 0.5) is 0 Å². The van der Waals surface area contributed by atoms with Crippen LogP contribution in [0.5, 0.6) is 0 Å². The second kappa shape index (κ2) is 9.09. The molecule has 3 aromatic carbocycles. The number of allylic oxidation sites excluding steroid dienone is 3. The highest BCUT2D eigenvalue weighted by molar-refractivity contribution is 6.24. The van der Waals surface area contributed by atoms with Gasteiger partial charge in [0.05, 0.1) is 0 Å². The summed E-state index contributed by atoms with van der Waals surface area (Å²) >= 11 is 0. The third-order valence-corrected chi connectivity index (χ3v) is 5.92. The van der Waals surface area contributed by atoms with Crippen LogP contribution in [0.15, 0.2) is 90.5 Å². The van der Waals surface area contributed by atoms with E-state index in [1.165, 1.54) is 76.7 Å². The van der Waals surface area contributed by atoms with E-state index in [1.807, 2.05) is 0 Å². The van der Waals surface area contributed by atoms with E-state index in [1.54, 1.807) is 0 Å². The standard InChI is InChI=1S/C29H30/c1-3-4-5-8-15-22(2)27-25-20-13-14-21-26(25)28(23-16-9-6-10-17-23)29(27)24-18-11-7-12-19-24/h6-7,9-14,16-21H,3-5,8,15H2,1-2H3/b27-22-. The molecule has 146 valence electrons. The Morgan fingerprint density at radius 3 is 1.76 bits per heavy atom. The summed E-state index contributed by atoms with van der Waals surface area (Å²) in [5, 5.41) is 0. The van der Waals surface area contributed by atoms with Gasteiger partial charge in [-0.25, -0.2) is 0 Å². The second-order valence-electron chi connectivity index (χ2n) is 7.99.